The first-order valence-electron chi connectivity index (χ1n) is 10.3. The number of rotatable bonds is 11. The van der Waals surface area contributed by atoms with E-state index >= 15 is 0 Å². The third-order valence-corrected chi connectivity index (χ3v) is 8.30. The number of hydrogen-bond acceptors (Lipinski definition) is 7. The van der Waals surface area contributed by atoms with Crippen molar-refractivity contribution in [1.82, 2.24) is 9.42 Å². The van der Waals surface area contributed by atoms with Gasteiger partial charge in [0.15, 0.2) is 0 Å². The third-order valence-electron chi connectivity index (χ3n) is 5.40. The topological polar surface area (TPSA) is 104 Å². The van der Waals surface area contributed by atoms with Crippen LogP contribution in [0.15, 0.2) is 53.4 Å². The van der Waals surface area contributed by atoms with Crippen LogP contribution in [0, 0.1) is 0 Å². The molecule has 1 unspecified atom stereocenters. The zero-order chi connectivity index (χ0) is 22.3. The maximum Gasteiger partial charge on any atom is 0.256 e. The Hall–Kier alpha value is -1.75. The van der Waals surface area contributed by atoms with Crippen LogP contribution in [-0.2, 0) is 21.4 Å². The van der Waals surface area contributed by atoms with E-state index in [4.69, 9.17) is 5.73 Å². The second-order valence-corrected chi connectivity index (χ2v) is 10.2. The number of aliphatic hydroxyl groups is 1. The number of fused-ring (bicyclic) bond motifs is 1. The smallest absolute Gasteiger partial charge is 0.256 e. The SMILES string of the molecule is NCC=CCSCC1CCCN1N(CC=O)S(=O)(=O)c1ccc2ccccc2c1CO. The van der Waals surface area contributed by atoms with E-state index in [1.54, 1.807) is 28.9 Å². The Kier molecular flexibility index (Phi) is 8.65. The highest BCUT2D eigenvalue weighted by Crippen LogP contribution is 2.31. The van der Waals surface area contributed by atoms with Gasteiger partial charge >= 0.3 is 0 Å². The van der Waals surface area contributed by atoms with Gasteiger partial charge in [-0.3, -0.25) is 0 Å². The summed E-state index contributed by atoms with van der Waals surface area (Å²) in [6.07, 6.45) is 6.25. The lowest BCUT2D eigenvalue weighted by Crippen LogP contribution is -2.50. The number of carbonyl (C=O) groups is 1. The largest absolute Gasteiger partial charge is 0.392 e. The first-order chi connectivity index (χ1) is 15.0. The van der Waals surface area contributed by atoms with Crippen LogP contribution in [0.3, 0.4) is 0 Å². The molecule has 3 rings (SSSR count). The Morgan fingerprint density at radius 2 is 2.03 bits per heavy atom. The number of benzene rings is 2. The fourth-order valence-electron chi connectivity index (χ4n) is 3.96. The Morgan fingerprint density at radius 1 is 1.23 bits per heavy atom. The lowest BCUT2D eigenvalue weighted by atomic mass is 10.1. The minimum absolute atomic E-state index is 0.0176. The summed E-state index contributed by atoms with van der Waals surface area (Å²) < 4.78 is 28.5. The van der Waals surface area contributed by atoms with E-state index in [0.717, 1.165) is 29.7 Å². The second kappa shape index (κ2) is 11.2. The van der Waals surface area contributed by atoms with Gasteiger partial charge < -0.3 is 15.6 Å². The average molecular weight is 464 g/mol. The summed E-state index contributed by atoms with van der Waals surface area (Å²) in [6, 6.07) is 10.6. The molecule has 1 heterocycles. The molecule has 9 heteroatoms. The zero-order valence-electron chi connectivity index (χ0n) is 17.4. The van der Waals surface area contributed by atoms with Crippen molar-refractivity contribution in [2.45, 2.75) is 30.4 Å². The molecule has 2 aromatic carbocycles. The number of nitrogens with zero attached hydrogens (tertiary/aromatic N) is 2. The Bertz CT molecular complexity index is 1030. The Morgan fingerprint density at radius 3 is 2.77 bits per heavy atom. The summed E-state index contributed by atoms with van der Waals surface area (Å²) >= 11 is 1.71. The first kappa shape index (κ1) is 23.9. The van der Waals surface area contributed by atoms with Crippen molar-refractivity contribution in [2.24, 2.45) is 5.73 Å². The normalized spacial score (nSPS) is 17.8. The molecule has 0 spiro atoms. The van der Waals surface area contributed by atoms with E-state index < -0.39 is 16.6 Å². The molecule has 1 aliphatic heterocycles. The highest BCUT2D eigenvalue weighted by atomic mass is 32.2. The molecular formula is C22H29N3O4S2. The molecule has 0 bridgehead atoms. The fraction of sp³-hybridized carbons (Fsp3) is 0.409. The van der Waals surface area contributed by atoms with Crippen molar-refractivity contribution < 1.29 is 18.3 Å². The molecule has 1 atom stereocenters. The predicted octanol–water partition coefficient (Wildman–Crippen LogP) is 2.15. The molecule has 0 radical (unpaired) electrons. The predicted molar refractivity (Wildman–Crippen MR) is 125 cm³/mol. The van der Waals surface area contributed by atoms with Crippen molar-refractivity contribution in [3.05, 3.63) is 54.1 Å². The number of hydrogen-bond donors (Lipinski definition) is 2. The van der Waals surface area contributed by atoms with Gasteiger partial charge in [-0.05, 0) is 29.7 Å². The van der Waals surface area contributed by atoms with Gasteiger partial charge in [-0.1, -0.05) is 42.5 Å². The number of thioether (sulfide) groups is 1. The van der Waals surface area contributed by atoms with Gasteiger partial charge in [-0.2, -0.15) is 11.8 Å². The number of carbonyl (C=O) groups excluding carboxylic acids is 1. The van der Waals surface area contributed by atoms with E-state index in [9.17, 15) is 18.3 Å². The van der Waals surface area contributed by atoms with Crippen molar-refractivity contribution >= 4 is 38.8 Å². The maximum absolute atomic E-state index is 13.7. The van der Waals surface area contributed by atoms with E-state index in [1.807, 2.05) is 30.4 Å². The highest BCUT2D eigenvalue weighted by Gasteiger charge is 2.37. The first-order valence-corrected chi connectivity index (χ1v) is 12.9. The number of sulfonamides is 1. The molecule has 7 nitrogen and oxygen atoms in total. The van der Waals surface area contributed by atoms with Crippen molar-refractivity contribution in [3.8, 4) is 0 Å². The quantitative estimate of drug-likeness (QED) is 0.299. The Balaban J connectivity index is 1.92. The molecule has 1 saturated heterocycles. The van der Waals surface area contributed by atoms with Gasteiger partial charge in [-0.15, -0.1) is 4.41 Å². The summed E-state index contributed by atoms with van der Waals surface area (Å²) in [7, 11) is -4.02. The lowest BCUT2D eigenvalue weighted by Gasteiger charge is -2.34. The van der Waals surface area contributed by atoms with Crippen LogP contribution in [0.1, 0.15) is 18.4 Å². The van der Waals surface area contributed by atoms with Crippen molar-refractivity contribution in [1.29, 1.82) is 0 Å². The monoisotopic (exact) mass is 463 g/mol. The highest BCUT2D eigenvalue weighted by molar-refractivity contribution is 7.99. The molecule has 31 heavy (non-hydrogen) atoms. The minimum Gasteiger partial charge on any atom is -0.392 e. The van der Waals surface area contributed by atoms with Crippen LogP contribution in [0.4, 0.5) is 0 Å². The van der Waals surface area contributed by atoms with Crippen LogP contribution in [0.25, 0.3) is 10.8 Å². The molecular weight excluding hydrogens is 434 g/mol. The van der Waals surface area contributed by atoms with E-state index in [-0.39, 0.29) is 17.5 Å². The molecule has 0 amide bonds. The average Bonchev–Trinajstić information content (AvgIpc) is 3.24. The molecule has 0 aromatic heterocycles. The van der Waals surface area contributed by atoms with Gasteiger partial charge in [0, 0.05) is 36.2 Å². The van der Waals surface area contributed by atoms with Crippen LogP contribution >= 0.6 is 11.8 Å². The van der Waals surface area contributed by atoms with Gasteiger partial charge in [0.05, 0.1) is 18.0 Å². The summed E-state index contributed by atoms with van der Waals surface area (Å²) in [4.78, 5) is 11.5. The molecule has 3 N–H and O–H groups in total. The number of nitrogens with two attached hydrogens (primary N) is 1. The van der Waals surface area contributed by atoms with Gasteiger partial charge in [0.25, 0.3) is 10.0 Å². The Labute approximate surface area is 187 Å². The summed E-state index contributed by atoms with van der Waals surface area (Å²) in [5, 5.41) is 13.4. The van der Waals surface area contributed by atoms with E-state index in [0.29, 0.717) is 30.3 Å². The van der Waals surface area contributed by atoms with Crippen LogP contribution in [-0.4, -0.2) is 66.4 Å². The van der Waals surface area contributed by atoms with E-state index in [2.05, 4.69) is 0 Å². The molecule has 2 aromatic rings. The molecule has 1 fully saturated rings. The second-order valence-electron chi connectivity index (χ2n) is 7.30. The molecule has 1 aliphatic rings. The number of hydrazine groups is 1. The molecule has 168 valence electrons. The maximum atomic E-state index is 13.7. The fourth-order valence-corrected chi connectivity index (χ4v) is 6.68. The van der Waals surface area contributed by atoms with Crippen molar-refractivity contribution in [2.75, 3.05) is 31.1 Å². The van der Waals surface area contributed by atoms with E-state index in [1.165, 1.54) is 10.5 Å². The lowest BCUT2D eigenvalue weighted by molar-refractivity contribution is -0.110. The van der Waals surface area contributed by atoms with Crippen LogP contribution < -0.4 is 5.73 Å². The molecule has 0 saturated carbocycles. The number of aldehydes is 1. The summed E-state index contributed by atoms with van der Waals surface area (Å²) in [5.41, 5.74) is 5.81. The number of aliphatic hydroxyl groups excluding tert-OH is 1. The minimum atomic E-state index is -4.02. The zero-order valence-corrected chi connectivity index (χ0v) is 19.0. The van der Waals surface area contributed by atoms with Gasteiger partial charge in [-0.25, -0.2) is 13.4 Å². The van der Waals surface area contributed by atoms with Gasteiger partial charge in [0.1, 0.15) is 6.29 Å². The van der Waals surface area contributed by atoms with Crippen LogP contribution in [0.2, 0.25) is 0 Å². The van der Waals surface area contributed by atoms with Crippen molar-refractivity contribution in [3.63, 3.8) is 0 Å². The third kappa shape index (κ3) is 5.36. The summed E-state index contributed by atoms with van der Waals surface area (Å²) in [6.45, 7) is 0.408. The van der Waals surface area contributed by atoms with Gasteiger partial charge in [0.2, 0.25) is 0 Å². The summed E-state index contributed by atoms with van der Waals surface area (Å²) in [5.74, 6) is 1.56. The standard InChI is InChI=1S/C22H29N3O4S2/c23-11-3-4-15-30-17-19-7-5-12-24(19)25(13-14-26)31(28,29)22-10-9-18-6-1-2-8-20(18)21(22)16-27/h1-4,6,8-10,14,19,27H,5,7,11-13,15-17,23H2. The van der Waals surface area contributed by atoms with Crippen LogP contribution in [0.5, 0.6) is 0 Å². The molecule has 0 aliphatic carbocycles.